The molecule has 0 fully saturated rings. The van der Waals surface area contributed by atoms with Crippen LogP contribution in [0.15, 0.2) is 54.7 Å². The first kappa shape index (κ1) is 13.6. The van der Waals surface area contributed by atoms with Gasteiger partial charge in [0.05, 0.1) is 11.8 Å². The normalized spacial score (nSPS) is 11.7. The molecule has 3 aromatic rings. The highest BCUT2D eigenvalue weighted by Gasteiger charge is 2.16. The second kappa shape index (κ2) is 4.86. The van der Waals surface area contributed by atoms with Crippen molar-refractivity contribution in [2.24, 2.45) is 0 Å². The number of rotatable bonds is 3. The summed E-state index contributed by atoms with van der Waals surface area (Å²) in [5.74, 6) is 0. The van der Waals surface area contributed by atoms with Gasteiger partial charge in [0.2, 0.25) is 10.0 Å². The van der Waals surface area contributed by atoms with Crippen molar-refractivity contribution in [1.29, 1.82) is 0 Å². The van der Waals surface area contributed by atoms with Gasteiger partial charge in [-0.2, -0.15) is 0 Å². The van der Waals surface area contributed by atoms with Crippen LogP contribution in [0.2, 0.25) is 0 Å². The summed E-state index contributed by atoms with van der Waals surface area (Å²) in [6.07, 6.45) is 3.52. The zero-order valence-electron chi connectivity index (χ0n) is 11.4. The molecule has 0 saturated carbocycles. The molecule has 0 unspecified atom stereocenters. The Morgan fingerprint density at radius 1 is 1.05 bits per heavy atom. The van der Waals surface area contributed by atoms with E-state index < -0.39 is 10.0 Å². The van der Waals surface area contributed by atoms with Crippen LogP contribution in [0.25, 0.3) is 22.0 Å². The molecule has 106 valence electrons. The molecule has 1 aromatic heterocycles. The first-order chi connectivity index (χ1) is 10.0. The third-order valence-electron chi connectivity index (χ3n) is 3.37. The minimum absolute atomic E-state index is 0.519. The highest BCUT2D eigenvalue weighted by molar-refractivity contribution is 7.89. The van der Waals surface area contributed by atoms with Gasteiger partial charge in [0.25, 0.3) is 0 Å². The largest absolute Gasteiger partial charge is 0.298 e. The molecule has 0 spiro atoms. The molecule has 0 bridgehead atoms. The van der Waals surface area contributed by atoms with Gasteiger partial charge < -0.3 is 0 Å². The van der Waals surface area contributed by atoms with Crippen molar-refractivity contribution in [2.75, 3.05) is 6.26 Å². The molecule has 4 nitrogen and oxygen atoms in total. The van der Waals surface area contributed by atoms with E-state index >= 15 is 0 Å². The van der Waals surface area contributed by atoms with E-state index in [-0.39, 0.29) is 0 Å². The number of aldehydes is 1. The van der Waals surface area contributed by atoms with Gasteiger partial charge in [-0.3, -0.25) is 4.79 Å². The van der Waals surface area contributed by atoms with E-state index in [1.165, 1.54) is 3.97 Å². The lowest BCUT2D eigenvalue weighted by Gasteiger charge is -2.01. The number of nitrogens with zero attached hydrogens (tertiary/aromatic N) is 1. The number of fused-ring (bicyclic) bond motifs is 1. The zero-order chi connectivity index (χ0) is 15.0. The van der Waals surface area contributed by atoms with Gasteiger partial charge in [0.1, 0.15) is 6.29 Å². The van der Waals surface area contributed by atoms with Crippen molar-refractivity contribution in [2.45, 2.75) is 0 Å². The topological polar surface area (TPSA) is 56.1 Å². The molecule has 3 rings (SSSR count). The average molecular weight is 299 g/mol. The lowest BCUT2D eigenvalue weighted by Crippen LogP contribution is -2.08. The molecular weight excluding hydrogens is 286 g/mol. The molecule has 2 aromatic carbocycles. The molecule has 5 heteroatoms. The molecule has 0 radical (unpaired) electrons. The van der Waals surface area contributed by atoms with Crippen LogP contribution in [0, 0.1) is 0 Å². The molecule has 0 atom stereocenters. The molecule has 0 saturated heterocycles. The number of carbonyl (C=O) groups excluding carboxylic acids is 1. The molecular formula is C16H13NO3S. The van der Waals surface area contributed by atoms with E-state index in [9.17, 15) is 13.2 Å². The number of aromatic nitrogens is 1. The van der Waals surface area contributed by atoms with E-state index in [4.69, 9.17) is 0 Å². The van der Waals surface area contributed by atoms with E-state index in [0.717, 1.165) is 29.1 Å². The highest BCUT2D eigenvalue weighted by atomic mass is 32.2. The highest BCUT2D eigenvalue weighted by Crippen LogP contribution is 2.31. The van der Waals surface area contributed by atoms with Crippen LogP contribution in [0.1, 0.15) is 10.4 Å². The van der Waals surface area contributed by atoms with Crippen molar-refractivity contribution >= 4 is 27.2 Å². The summed E-state index contributed by atoms with van der Waals surface area (Å²) in [7, 11) is -3.41. The van der Waals surface area contributed by atoms with Gasteiger partial charge in [0.15, 0.2) is 0 Å². The maximum Gasteiger partial charge on any atom is 0.236 e. The maximum atomic E-state index is 11.9. The minimum atomic E-state index is -3.41. The minimum Gasteiger partial charge on any atom is -0.298 e. The van der Waals surface area contributed by atoms with Gasteiger partial charge in [-0.05, 0) is 23.8 Å². The molecule has 0 amide bonds. The van der Waals surface area contributed by atoms with Crippen LogP contribution < -0.4 is 0 Å². The van der Waals surface area contributed by atoms with E-state index in [0.29, 0.717) is 11.1 Å². The van der Waals surface area contributed by atoms with Crippen LogP contribution in [-0.4, -0.2) is 24.9 Å². The first-order valence-electron chi connectivity index (χ1n) is 6.37. The fraction of sp³-hybridized carbons (Fsp3) is 0.0625. The van der Waals surface area contributed by atoms with Gasteiger partial charge >= 0.3 is 0 Å². The van der Waals surface area contributed by atoms with Crippen LogP contribution in [0.3, 0.4) is 0 Å². The maximum absolute atomic E-state index is 11.9. The number of hydrogen-bond donors (Lipinski definition) is 0. The average Bonchev–Trinajstić information content (AvgIpc) is 2.86. The fourth-order valence-electron chi connectivity index (χ4n) is 2.41. The molecule has 0 aliphatic carbocycles. The summed E-state index contributed by atoms with van der Waals surface area (Å²) in [6.45, 7) is 0. The van der Waals surface area contributed by atoms with Crippen molar-refractivity contribution in [3.8, 4) is 11.1 Å². The molecule has 1 heterocycles. The predicted molar refractivity (Wildman–Crippen MR) is 83.0 cm³/mol. The Bertz CT molecular complexity index is 925. The molecule has 21 heavy (non-hydrogen) atoms. The van der Waals surface area contributed by atoms with E-state index in [2.05, 4.69) is 0 Å². The van der Waals surface area contributed by atoms with Crippen LogP contribution in [0.4, 0.5) is 0 Å². The molecule has 0 aliphatic rings. The quantitative estimate of drug-likeness (QED) is 0.699. The SMILES string of the molecule is CS(=O)(=O)n1cc(-c2ccccc2)c2cc(C=O)ccc21. The Balaban J connectivity index is 2.41. The van der Waals surface area contributed by atoms with Gasteiger partial charge in [0, 0.05) is 22.7 Å². The van der Waals surface area contributed by atoms with Crippen molar-refractivity contribution < 1.29 is 13.2 Å². The van der Waals surface area contributed by atoms with Crippen molar-refractivity contribution in [1.82, 2.24) is 3.97 Å². The summed E-state index contributed by atoms with van der Waals surface area (Å²) < 4.78 is 25.1. The molecule has 0 aliphatic heterocycles. The Kier molecular flexibility index (Phi) is 3.14. The van der Waals surface area contributed by atoms with E-state index in [1.54, 1.807) is 24.4 Å². The lowest BCUT2D eigenvalue weighted by molar-refractivity contribution is 0.112. The van der Waals surface area contributed by atoms with Crippen LogP contribution in [0.5, 0.6) is 0 Å². The number of hydrogen-bond acceptors (Lipinski definition) is 3. The monoisotopic (exact) mass is 299 g/mol. The summed E-state index contributed by atoms with van der Waals surface area (Å²) in [4.78, 5) is 11.0. The van der Waals surface area contributed by atoms with Crippen LogP contribution in [-0.2, 0) is 10.0 Å². The standard InChI is InChI=1S/C16H13NO3S/c1-21(19,20)17-10-15(13-5-3-2-4-6-13)14-9-12(11-18)7-8-16(14)17/h2-11H,1H3. The Labute approximate surface area is 122 Å². The third kappa shape index (κ3) is 2.36. The lowest BCUT2D eigenvalue weighted by atomic mass is 10.0. The second-order valence-corrected chi connectivity index (χ2v) is 6.72. The first-order valence-corrected chi connectivity index (χ1v) is 8.22. The van der Waals surface area contributed by atoms with Crippen molar-refractivity contribution in [3.05, 3.63) is 60.3 Å². The zero-order valence-corrected chi connectivity index (χ0v) is 12.2. The molecule has 0 N–H and O–H groups in total. The third-order valence-corrected chi connectivity index (χ3v) is 4.39. The van der Waals surface area contributed by atoms with Gasteiger partial charge in [-0.15, -0.1) is 0 Å². The Morgan fingerprint density at radius 3 is 2.38 bits per heavy atom. The van der Waals surface area contributed by atoms with Gasteiger partial charge in [-0.25, -0.2) is 12.4 Å². The summed E-state index contributed by atoms with van der Waals surface area (Å²) in [6, 6.07) is 14.5. The number of carbonyl (C=O) groups is 1. The fourth-order valence-corrected chi connectivity index (χ4v) is 3.23. The predicted octanol–water partition coefficient (Wildman–Crippen LogP) is 2.93. The second-order valence-electron chi connectivity index (χ2n) is 4.86. The van der Waals surface area contributed by atoms with Crippen LogP contribution >= 0.6 is 0 Å². The Hall–Kier alpha value is -2.40. The summed E-state index contributed by atoms with van der Waals surface area (Å²) in [5.41, 5.74) is 2.79. The van der Waals surface area contributed by atoms with E-state index in [1.807, 2.05) is 30.3 Å². The smallest absolute Gasteiger partial charge is 0.236 e. The Morgan fingerprint density at radius 2 is 1.76 bits per heavy atom. The van der Waals surface area contributed by atoms with Crippen molar-refractivity contribution in [3.63, 3.8) is 0 Å². The number of benzene rings is 2. The summed E-state index contributed by atoms with van der Waals surface area (Å²) >= 11 is 0. The van der Waals surface area contributed by atoms with Gasteiger partial charge in [-0.1, -0.05) is 30.3 Å². The summed E-state index contributed by atoms with van der Waals surface area (Å²) in [5, 5.41) is 0.747.